The van der Waals surface area contributed by atoms with E-state index in [0.29, 0.717) is 43.5 Å². The number of hydrogen-bond acceptors (Lipinski definition) is 4. The molecule has 1 aromatic rings. The fourth-order valence-corrected chi connectivity index (χ4v) is 2.10. The molecule has 0 radical (unpaired) electrons. The smallest absolute Gasteiger partial charge is 0.287 e. The first-order chi connectivity index (χ1) is 11.3. The molecule has 0 aliphatic heterocycles. The standard InChI is InChI=1S/C16H27N5O3/c1-4-7-18-15(17)5-8-19-16(22)14-10-13(21(23)24)11-20(14)9-6-12(2)3/h10-12H,4-9H2,1-3H3,(H2,17,18)(H,19,22). The molecule has 0 fully saturated rings. The van der Waals surface area contributed by atoms with Gasteiger partial charge in [-0.1, -0.05) is 20.8 Å². The maximum absolute atomic E-state index is 12.3. The lowest BCUT2D eigenvalue weighted by Crippen LogP contribution is -2.29. The highest BCUT2D eigenvalue weighted by Crippen LogP contribution is 2.18. The highest BCUT2D eigenvalue weighted by atomic mass is 16.6. The average molecular weight is 337 g/mol. The van der Waals surface area contributed by atoms with Crippen molar-refractivity contribution >= 4 is 17.4 Å². The summed E-state index contributed by atoms with van der Waals surface area (Å²) in [6, 6.07) is 1.31. The largest absolute Gasteiger partial charge is 0.387 e. The fraction of sp³-hybridized carbons (Fsp3) is 0.625. The Balaban J connectivity index is 2.72. The van der Waals surface area contributed by atoms with Crippen LogP contribution in [0.1, 0.15) is 50.5 Å². The molecule has 24 heavy (non-hydrogen) atoms. The lowest BCUT2D eigenvalue weighted by Gasteiger charge is -2.10. The van der Waals surface area contributed by atoms with Gasteiger partial charge < -0.3 is 15.6 Å². The summed E-state index contributed by atoms with van der Waals surface area (Å²) in [5.74, 6) is 0.602. The normalized spacial score (nSPS) is 11.8. The number of aliphatic imine (C=N–C) groups is 1. The number of carbonyl (C=O) groups is 1. The third-order valence-electron chi connectivity index (χ3n) is 3.48. The van der Waals surface area contributed by atoms with Gasteiger partial charge >= 0.3 is 0 Å². The molecule has 1 rings (SSSR count). The van der Waals surface area contributed by atoms with E-state index in [1.54, 1.807) is 4.57 Å². The second-order valence-electron chi connectivity index (χ2n) is 6.10. The van der Waals surface area contributed by atoms with Crippen LogP contribution >= 0.6 is 0 Å². The van der Waals surface area contributed by atoms with Gasteiger partial charge in [-0.15, -0.1) is 0 Å². The molecule has 1 heterocycles. The number of amidine groups is 1. The fourth-order valence-electron chi connectivity index (χ4n) is 2.10. The molecule has 0 aliphatic rings. The topological polar surface area (TPSA) is 116 Å². The summed E-state index contributed by atoms with van der Waals surface area (Å²) in [6.07, 6.45) is 3.62. The van der Waals surface area contributed by atoms with Crippen molar-refractivity contribution in [1.82, 2.24) is 9.88 Å². The maximum Gasteiger partial charge on any atom is 0.287 e. The SMILES string of the molecule is CCCN=C(N)CCNC(=O)c1cc([N+](=O)[O-])cn1CCC(C)C. The molecular formula is C16H27N5O3. The molecule has 0 unspecified atom stereocenters. The number of nitrogens with zero attached hydrogens (tertiary/aromatic N) is 3. The van der Waals surface area contributed by atoms with Gasteiger partial charge in [-0.3, -0.25) is 19.9 Å². The first-order valence-corrected chi connectivity index (χ1v) is 8.26. The van der Waals surface area contributed by atoms with Crippen molar-refractivity contribution in [1.29, 1.82) is 0 Å². The predicted molar refractivity (Wildman–Crippen MR) is 94.3 cm³/mol. The zero-order valence-corrected chi connectivity index (χ0v) is 14.6. The quantitative estimate of drug-likeness (QED) is 0.295. The van der Waals surface area contributed by atoms with E-state index in [1.807, 2.05) is 6.92 Å². The van der Waals surface area contributed by atoms with Gasteiger partial charge in [-0.2, -0.15) is 0 Å². The van der Waals surface area contributed by atoms with Crippen molar-refractivity contribution in [3.05, 3.63) is 28.1 Å². The van der Waals surface area contributed by atoms with Gasteiger partial charge in [-0.25, -0.2) is 0 Å². The number of nitro groups is 1. The number of nitrogens with two attached hydrogens (primary N) is 1. The summed E-state index contributed by atoms with van der Waals surface area (Å²) in [5.41, 5.74) is 5.97. The molecule has 134 valence electrons. The highest BCUT2D eigenvalue weighted by Gasteiger charge is 2.19. The Labute approximate surface area is 142 Å². The van der Waals surface area contributed by atoms with E-state index in [2.05, 4.69) is 24.2 Å². The maximum atomic E-state index is 12.3. The van der Waals surface area contributed by atoms with Crippen molar-refractivity contribution in [3.8, 4) is 0 Å². The van der Waals surface area contributed by atoms with E-state index in [0.717, 1.165) is 12.8 Å². The van der Waals surface area contributed by atoms with E-state index >= 15 is 0 Å². The zero-order valence-electron chi connectivity index (χ0n) is 14.6. The van der Waals surface area contributed by atoms with Crippen LogP contribution in [0, 0.1) is 16.0 Å². The van der Waals surface area contributed by atoms with E-state index in [-0.39, 0.29) is 11.6 Å². The number of hydrogen-bond donors (Lipinski definition) is 2. The van der Waals surface area contributed by atoms with Crippen LogP contribution in [0.5, 0.6) is 0 Å². The van der Waals surface area contributed by atoms with Crippen molar-refractivity contribution in [2.24, 2.45) is 16.6 Å². The number of nitrogens with one attached hydrogen (secondary N) is 1. The lowest BCUT2D eigenvalue weighted by atomic mass is 10.1. The minimum absolute atomic E-state index is 0.0760. The zero-order chi connectivity index (χ0) is 18.1. The summed E-state index contributed by atoms with van der Waals surface area (Å²) in [6.45, 7) is 7.72. The number of amides is 1. The monoisotopic (exact) mass is 337 g/mol. The predicted octanol–water partition coefficient (Wildman–Crippen LogP) is 2.33. The van der Waals surface area contributed by atoms with Crippen LogP contribution in [0.4, 0.5) is 5.69 Å². The Bertz CT molecular complexity index is 593. The van der Waals surface area contributed by atoms with Crippen molar-refractivity contribution in [2.75, 3.05) is 13.1 Å². The number of carbonyl (C=O) groups excluding carboxylic acids is 1. The van der Waals surface area contributed by atoms with Gasteiger partial charge in [0.25, 0.3) is 11.6 Å². The van der Waals surface area contributed by atoms with E-state index in [1.165, 1.54) is 12.3 Å². The summed E-state index contributed by atoms with van der Waals surface area (Å²) in [5, 5.41) is 13.7. The summed E-state index contributed by atoms with van der Waals surface area (Å²) in [7, 11) is 0. The number of aromatic nitrogens is 1. The molecule has 0 saturated carbocycles. The van der Waals surface area contributed by atoms with Gasteiger partial charge in [0.2, 0.25) is 0 Å². The minimum atomic E-state index is -0.488. The average Bonchev–Trinajstić information content (AvgIpc) is 2.95. The second kappa shape index (κ2) is 9.69. The molecule has 0 bridgehead atoms. The summed E-state index contributed by atoms with van der Waals surface area (Å²) < 4.78 is 1.64. The Morgan fingerprint density at radius 1 is 1.50 bits per heavy atom. The lowest BCUT2D eigenvalue weighted by molar-refractivity contribution is -0.384. The molecule has 3 N–H and O–H groups in total. The van der Waals surface area contributed by atoms with Crippen LogP contribution in [0.2, 0.25) is 0 Å². The van der Waals surface area contributed by atoms with Gasteiger partial charge in [0.1, 0.15) is 5.69 Å². The Kier molecular flexibility index (Phi) is 7.94. The highest BCUT2D eigenvalue weighted by molar-refractivity contribution is 5.94. The molecule has 8 heteroatoms. The van der Waals surface area contributed by atoms with Gasteiger partial charge in [-0.05, 0) is 18.8 Å². The Morgan fingerprint density at radius 2 is 2.21 bits per heavy atom. The van der Waals surface area contributed by atoms with E-state index in [4.69, 9.17) is 5.73 Å². The van der Waals surface area contributed by atoms with E-state index in [9.17, 15) is 14.9 Å². The third kappa shape index (κ3) is 6.39. The first-order valence-electron chi connectivity index (χ1n) is 8.26. The summed E-state index contributed by atoms with van der Waals surface area (Å²) >= 11 is 0. The molecule has 0 aromatic carbocycles. The van der Waals surface area contributed by atoms with Gasteiger partial charge in [0.05, 0.1) is 17.0 Å². The first kappa shape index (κ1) is 19.7. The molecule has 1 amide bonds. The van der Waals surface area contributed by atoms with Crippen molar-refractivity contribution in [2.45, 2.75) is 46.6 Å². The van der Waals surface area contributed by atoms with Crippen LogP contribution in [-0.4, -0.2) is 34.3 Å². The van der Waals surface area contributed by atoms with Gasteiger partial charge in [0.15, 0.2) is 0 Å². The second-order valence-corrected chi connectivity index (χ2v) is 6.10. The molecule has 8 nitrogen and oxygen atoms in total. The van der Waals surface area contributed by atoms with Crippen LogP contribution in [0.15, 0.2) is 17.3 Å². The molecular weight excluding hydrogens is 310 g/mol. The van der Waals surface area contributed by atoms with E-state index < -0.39 is 4.92 Å². The molecule has 0 saturated heterocycles. The Hall–Kier alpha value is -2.38. The Morgan fingerprint density at radius 3 is 2.79 bits per heavy atom. The molecule has 1 aromatic heterocycles. The molecule has 0 atom stereocenters. The van der Waals surface area contributed by atoms with Crippen molar-refractivity contribution in [3.63, 3.8) is 0 Å². The van der Waals surface area contributed by atoms with Crippen LogP contribution in [0.3, 0.4) is 0 Å². The van der Waals surface area contributed by atoms with Crippen LogP contribution in [-0.2, 0) is 6.54 Å². The van der Waals surface area contributed by atoms with Crippen LogP contribution in [0.25, 0.3) is 0 Å². The van der Waals surface area contributed by atoms with Crippen LogP contribution < -0.4 is 11.1 Å². The number of rotatable bonds is 10. The number of aryl methyl sites for hydroxylation is 1. The summed E-state index contributed by atoms with van der Waals surface area (Å²) in [4.78, 5) is 26.9. The minimum Gasteiger partial charge on any atom is -0.387 e. The molecule has 0 aliphatic carbocycles. The third-order valence-corrected chi connectivity index (χ3v) is 3.48. The van der Waals surface area contributed by atoms with Crippen molar-refractivity contribution < 1.29 is 9.72 Å². The van der Waals surface area contributed by atoms with Gasteiger partial charge in [0, 0.05) is 32.1 Å². The molecule has 0 spiro atoms.